The van der Waals surface area contributed by atoms with Gasteiger partial charge in [-0.25, -0.2) is 4.98 Å². The van der Waals surface area contributed by atoms with E-state index in [1.165, 1.54) is 31.0 Å². The summed E-state index contributed by atoms with van der Waals surface area (Å²) >= 11 is 7.92. The summed E-state index contributed by atoms with van der Waals surface area (Å²) in [5, 5.41) is 13.3. The van der Waals surface area contributed by atoms with Gasteiger partial charge < -0.3 is 9.88 Å². The van der Waals surface area contributed by atoms with E-state index in [4.69, 9.17) is 11.6 Å². The molecule has 0 radical (unpaired) electrons. The Balaban J connectivity index is 1.40. The third kappa shape index (κ3) is 4.91. The summed E-state index contributed by atoms with van der Waals surface area (Å²) in [5.41, 5.74) is 2.74. The van der Waals surface area contributed by atoms with Crippen LogP contribution in [0, 0.1) is 0 Å². The molecule has 9 heteroatoms. The van der Waals surface area contributed by atoms with Crippen LogP contribution in [-0.4, -0.2) is 42.0 Å². The molecule has 5 rings (SSSR count). The van der Waals surface area contributed by atoms with Crippen LogP contribution in [0.5, 0.6) is 0 Å². The number of halogens is 1. The highest BCUT2D eigenvalue weighted by Crippen LogP contribution is 2.28. The van der Waals surface area contributed by atoms with Crippen molar-refractivity contribution in [3.8, 4) is 5.69 Å². The summed E-state index contributed by atoms with van der Waals surface area (Å²) in [5.74, 6) is 1.04. The van der Waals surface area contributed by atoms with Crippen molar-refractivity contribution in [2.45, 2.75) is 49.8 Å². The quantitative estimate of drug-likeness (QED) is 0.382. The minimum atomic E-state index is 0.0303. The predicted octanol–water partition coefficient (Wildman–Crippen LogP) is 4.86. The molecule has 0 saturated heterocycles. The van der Waals surface area contributed by atoms with E-state index in [9.17, 15) is 4.79 Å². The Morgan fingerprint density at radius 3 is 2.70 bits per heavy atom. The number of rotatable bonds is 7. The number of imidazole rings is 1. The molecule has 0 atom stereocenters. The Labute approximate surface area is 201 Å². The van der Waals surface area contributed by atoms with Gasteiger partial charge in [0.1, 0.15) is 0 Å². The maximum absolute atomic E-state index is 12.6. The van der Waals surface area contributed by atoms with Crippen LogP contribution in [0.2, 0.25) is 5.02 Å². The molecular weight excluding hydrogens is 456 g/mol. The molecule has 1 aliphatic carbocycles. The average Bonchev–Trinajstić information content (AvgIpc) is 3.43. The van der Waals surface area contributed by atoms with Gasteiger partial charge in [-0.3, -0.25) is 9.36 Å². The van der Waals surface area contributed by atoms with Crippen LogP contribution in [0.15, 0.2) is 60.0 Å². The van der Waals surface area contributed by atoms with Gasteiger partial charge in [-0.05, 0) is 37.1 Å². The van der Waals surface area contributed by atoms with Gasteiger partial charge in [0.15, 0.2) is 11.0 Å². The zero-order chi connectivity index (χ0) is 22.6. The summed E-state index contributed by atoms with van der Waals surface area (Å²) in [7, 11) is 0. The summed E-state index contributed by atoms with van der Waals surface area (Å²) in [6.07, 6.45) is 7.57. The number of carbonyl (C=O) groups excluding carboxylic acids is 1. The van der Waals surface area contributed by atoms with Crippen LogP contribution in [0.3, 0.4) is 0 Å². The van der Waals surface area contributed by atoms with Gasteiger partial charge in [-0.15, -0.1) is 10.2 Å². The van der Waals surface area contributed by atoms with E-state index < -0.39 is 0 Å². The topological polar surface area (TPSA) is 77.6 Å². The lowest BCUT2D eigenvalue weighted by atomic mass is 9.95. The molecule has 4 aromatic rings. The van der Waals surface area contributed by atoms with Crippen molar-refractivity contribution in [1.29, 1.82) is 0 Å². The first-order valence-corrected chi connectivity index (χ1v) is 12.6. The van der Waals surface area contributed by atoms with Crippen molar-refractivity contribution < 1.29 is 4.79 Å². The molecule has 2 heterocycles. The Morgan fingerprint density at radius 1 is 1.06 bits per heavy atom. The van der Waals surface area contributed by atoms with Gasteiger partial charge in [0.2, 0.25) is 5.91 Å². The SMILES string of the molecule is O=C(CSc1nnc(Cn2cnc3ccccc32)n1-c1ccccc1Cl)NC1CCCCC1. The zero-order valence-electron chi connectivity index (χ0n) is 18.2. The molecule has 1 saturated carbocycles. The molecule has 33 heavy (non-hydrogen) atoms. The summed E-state index contributed by atoms with van der Waals surface area (Å²) in [4.78, 5) is 17.1. The van der Waals surface area contributed by atoms with Crippen LogP contribution in [0.4, 0.5) is 0 Å². The third-order valence-electron chi connectivity index (χ3n) is 5.94. The van der Waals surface area contributed by atoms with E-state index in [1.807, 2.05) is 57.7 Å². The number of aromatic nitrogens is 5. The van der Waals surface area contributed by atoms with E-state index in [-0.39, 0.29) is 11.7 Å². The molecule has 0 aliphatic heterocycles. The highest BCUT2D eigenvalue weighted by molar-refractivity contribution is 7.99. The molecule has 1 amide bonds. The number of hydrogen-bond acceptors (Lipinski definition) is 5. The molecule has 1 N–H and O–H groups in total. The number of benzene rings is 2. The van der Waals surface area contributed by atoms with Crippen LogP contribution < -0.4 is 5.32 Å². The van der Waals surface area contributed by atoms with Crippen molar-refractivity contribution in [3.05, 3.63) is 65.7 Å². The van der Waals surface area contributed by atoms with E-state index >= 15 is 0 Å². The van der Waals surface area contributed by atoms with Gasteiger partial charge in [-0.1, -0.05) is 66.9 Å². The molecule has 2 aromatic heterocycles. The maximum atomic E-state index is 12.6. The average molecular weight is 481 g/mol. The number of carbonyl (C=O) groups is 1. The van der Waals surface area contributed by atoms with E-state index in [1.54, 1.807) is 6.33 Å². The Kier molecular flexibility index (Phi) is 6.64. The second-order valence-electron chi connectivity index (χ2n) is 8.24. The van der Waals surface area contributed by atoms with Gasteiger partial charge in [0.05, 0.1) is 40.4 Å². The molecule has 1 fully saturated rings. The van der Waals surface area contributed by atoms with Gasteiger partial charge in [-0.2, -0.15) is 0 Å². The second-order valence-corrected chi connectivity index (χ2v) is 9.59. The highest BCUT2D eigenvalue weighted by atomic mass is 35.5. The minimum Gasteiger partial charge on any atom is -0.353 e. The largest absolute Gasteiger partial charge is 0.353 e. The number of fused-ring (bicyclic) bond motifs is 1. The normalized spacial score (nSPS) is 14.6. The van der Waals surface area contributed by atoms with Crippen LogP contribution in [0.1, 0.15) is 37.9 Å². The first kappa shape index (κ1) is 22.0. The number of nitrogens with zero attached hydrogens (tertiary/aromatic N) is 5. The second kappa shape index (κ2) is 9.97. The number of amides is 1. The monoisotopic (exact) mass is 480 g/mol. The zero-order valence-corrected chi connectivity index (χ0v) is 19.7. The molecule has 1 aliphatic rings. The van der Waals surface area contributed by atoms with Crippen LogP contribution in [-0.2, 0) is 11.3 Å². The number of para-hydroxylation sites is 3. The number of nitrogens with one attached hydrogen (secondary N) is 1. The molecular formula is C24H25ClN6OS. The van der Waals surface area contributed by atoms with Crippen molar-refractivity contribution in [3.63, 3.8) is 0 Å². The number of thioether (sulfide) groups is 1. The summed E-state index contributed by atoms with van der Waals surface area (Å²) in [6.45, 7) is 0.480. The van der Waals surface area contributed by atoms with Gasteiger partial charge >= 0.3 is 0 Å². The van der Waals surface area contributed by atoms with E-state index in [0.29, 0.717) is 22.8 Å². The molecule has 2 aromatic carbocycles. The summed E-state index contributed by atoms with van der Waals surface area (Å²) < 4.78 is 3.98. The first-order valence-electron chi connectivity index (χ1n) is 11.2. The minimum absolute atomic E-state index is 0.0303. The first-order chi connectivity index (χ1) is 16.2. The predicted molar refractivity (Wildman–Crippen MR) is 131 cm³/mol. The van der Waals surface area contributed by atoms with Crippen molar-refractivity contribution >= 4 is 40.3 Å². The third-order valence-corrected chi connectivity index (χ3v) is 7.18. The Hall–Kier alpha value is -2.84. The molecule has 170 valence electrons. The Bertz CT molecular complexity index is 1260. The number of hydrogen-bond donors (Lipinski definition) is 1. The lowest BCUT2D eigenvalue weighted by molar-refractivity contribution is -0.119. The fourth-order valence-electron chi connectivity index (χ4n) is 4.31. The van der Waals surface area contributed by atoms with Gasteiger partial charge in [0.25, 0.3) is 0 Å². The fourth-order valence-corrected chi connectivity index (χ4v) is 5.30. The van der Waals surface area contributed by atoms with Crippen LogP contribution >= 0.6 is 23.4 Å². The van der Waals surface area contributed by atoms with E-state index in [0.717, 1.165) is 35.4 Å². The molecule has 0 spiro atoms. The highest BCUT2D eigenvalue weighted by Gasteiger charge is 2.20. The van der Waals surface area contributed by atoms with E-state index in [2.05, 4.69) is 20.5 Å². The Morgan fingerprint density at radius 2 is 1.85 bits per heavy atom. The molecule has 7 nitrogen and oxygen atoms in total. The van der Waals surface area contributed by atoms with Gasteiger partial charge in [0, 0.05) is 6.04 Å². The molecule has 0 unspecified atom stereocenters. The van der Waals surface area contributed by atoms with Crippen LogP contribution in [0.25, 0.3) is 16.7 Å². The van der Waals surface area contributed by atoms with Crippen molar-refractivity contribution in [2.75, 3.05) is 5.75 Å². The smallest absolute Gasteiger partial charge is 0.230 e. The lowest BCUT2D eigenvalue weighted by Crippen LogP contribution is -2.37. The fraction of sp³-hybridized carbons (Fsp3) is 0.333. The van der Waals surface area contributed by atoms with Crippen molar-refractivity contribution in [2.24, 2.45) is 0 Å². The molecule has 0 bridgehead atoms. The maximum Gasteiger partial charge on any atom is 0.230 e. The standard InChI is InChI=1S/C24H25ClN6OS/c25-18-10-4-6-12-20(18)31-22(14-30-16-26-19-11-5-7-13-21(19)30)28-29-24(31)33-15-23(32)27-17-8-2-1-3-9-17/h4-7,10-13,16-17H,1-3,8-9,14-15H2,(H,27,32). The summed E-state index contributed by atoms with van der Waals surface area (Å²) in [6, 6.07) is 15.9. The van der Waals surface area contributed by atoms with Crippen molar-refractivity contribution in [1.82, 2.24) is 29.6 Å². The lowest BCUT2D eigenvalue weighted by Gasteiger charge is -2.22.